The molecular weight excluding hydrogens is 312 g/mol. The van der Waals surface area contributed by atoms with Gasteiger partial charge >= 0.3 is 0 Å². The van der Waals surface area contributed by atoms with Gasteiger partial charge in [0.05, 0.1) is 23.8 Å². The minimum atomic E-state index is 0.571. The molecule has 2 heterocycles. The van der Waals surface area contributed by atoms with Crippen molar-refractivity contribution >= 4 is 22.6 Å². The highest BCUT2D eigenvalue weighted by Gasteiger charge is 2.11. The predicted octanol–water partition coefficient (Wildman–Crippen LogP) is 3.87. The third-order valence-corrected chi connectivity index (χ3v) is 3.97. The standard InChI is InChI=1S/C17H13ClN4O/c1-22-10-19-14-9-12(4-7-15(14)22)17-20-16(23-21-17)8-11-2-5-13(18)6-3-11/h2-7,9-10H,8H2,1H3. The zero-order valence-electron chi connectivity index (χ0n) is 12.4. The number of hydrogen-bond donors (Lipinski definition) is 0. The molecule has 0 saturated heterocycles. The van der Waals surface area contributed by atoms with Crippen LogP contribution >= 0.6 is 11.6 Å². The molecule has 0 aliphatic rings. The van der Waals surface area contributed by atoms with Crippen LogP contribution in [0.1, 0.15) is 11.5 Å². The van der Waals surface area contributed by atoms with Gasteiger partial charge in [0.25, 0.3) is 0 Å². The van der Waals surface area contributed by atoms with Crippen LogP contribution in [-0.4, -0.2) is 19.7 Å². The first-order valence-corrected chi connectivity index (χ1v) is 7.55. The van der Waals surface area contributed by atoms with E-state index in [0.717, 1.165) is 22.2 Å². The van der Waals surface area contributed by atoms with Gasteiger partial charge in [-0.05, 0) is 35.9 Å². The second-order valence-corrected chi connectivity index (χ2v) is 5.81. The maximum Gasteiger partial charge on any atom is 0.231 e. The molecule has 5 nitrogen and oxygen atoms in total. The lowest BCUT2D eigenvalue weighted by Gasteiger charge is -1.97. The van der Waals surface area contributed by atoms with Crippen LogP contribution in [0.2, 0.25) is 5.02 Å². The van der Waals surface area contributed by atoms with Crippen molar-refractivity contribution < 1.29 is 4.52 Å². The first-order valence-electron chi connectivity index (χ1n) is 7.17. The van der Waals surface area contributed by atoms with Crippen molar-refractivity contribution in [3.05, 3.63) is 65.3 Å². The molecule has 23 heavy (non-hydrogen) atoms. The summed E-state index contributed by atoms with van der Waals surface area (Å²) in [5, 5.41) is 4.78. The lowest BCUT2D eigenvalue weighted by atomic mass is 10.1. The Morgan fingerprint density at radius 3 is 2.78 bits per heavy atom. The quantitative estimate of drug-likeness (QED) is 0.574. The summed E-state index contributed by atoms with van der Waals surface area (Å²) in [6.07, 6.45) is 2.37. The summed E-state index contributed by atoms with van der Waals surface area (Å²) in [5.41, 5.74) is 3.94. The Bertz CT molecular complexity index is 972. The average molecular weight is 325 g/mol. The molecule has 0 spiro atoms. The normalized spacial score (nSPS) is 11.2. The first-order chi connectivity index (χ1) is 11.2. The molecule has 0 radical (unpaired) electrons. The Labute approximate surface area is 137 Å². The highest BCUT2D eigenvalue weighted by atomic mass is 35.5. The highest BCUT2D eigenvalue weighted by molar-refractivity contribution is 6.30. The van der Waals surface area contributed by atoms with Crippen molar-refractivity contribution in [1.82, 2.24) is 19.7 Å². The van der Waals surface area contributed by atoms with Crippen LogP contribution in [-0.2, 0) is 13.5 Å². The molecule has 0 N–H and O–H groups in total. The van der Waals surface area contributed by atoms with Crippen molar-refractivity contribution in [2.45, 2.75) is 6.42 Å². The summed E-state index contributed by atoms with van der Waals surface area (Å²) in [6, 6.07) is 13.5. The minimum Gasteiger partial charge on any atom is -0.339 e. The lowest BCUT2D eigenvalue weighted by Crippen LogP contribution is -1.88. The van der Waals surface area contributed by atoms with Crippen LogP contribution in [0.15, 0.2) is 53.3 Å². The third kappa shape index (κ3) is 2.71. The maximum absolute atomic E-state index is 5.89. The molecule has 6 heteroatoms. The molecule has 0 aliphatic heterocycles. The van der Waals surface area contributed by atoms with Gasteiger partial charge in [-0.2, -0.15) is 4.98 Å². The van der Waals surface area contributed by atoms with E-state index in [1.807, 2.05) is 54.1 Å². The van der Waals surface area contributed by atoms with E-state index in [2.05, 4.69) is 15.1 Å². The van der Waals surface area contributed by atoms with Crippen molar-refractivity contribution in [3.8, 4) is 11.4 Å². The molecular formula is C17H13ClN4O. The van der Waals surface area contributed by atoms with Crippen molar-refractivity contribution in [3.63, 3.8) is 0 Å². The Hall–Kier alpha value is -2.66. The molecule has 4 aromatic rings. The second-order valence-electron chi connectivity index (χ2n) is 5.37. The SMILES string of the molecule is Cn1cnc2cc(-c3noc(Cc4ccc(Cl)cc4)n3)ccc21. The van der Waals surface area contributed by atoms with Crippen LogP contribution in [0, 0.1) is 0 Å². The van der Waals surface area contributed by atoms with E-state index >= 15 is 0 Å². The van der Waals surface area contributed by atoms with Crippen molar-refractivity contribution in [1.29, 1.82) is 0 Å². The number of aromatic nitrogens is 4. The molecule has 2 aromatic carbocycles. The van der Waals surface area contributed by atoms with Gasteiger partial charge in [-0.15, -0.1) is 0 Å². The fourth-order valence-corrected chi connectivity index (χ4v) is 2.62. The van der Waals surface area contributed by atoms with E-state index in [-0.39, 0.29) is 0 Å². The molecule has 114 valence electrons. The highest BCUT2D eigenvalue weighted by Crippen LogP contribution is 2.22. The van der Waals surface area contributed by atoms with Gasteiger partial charge in [-0.3, -0.25) is 0 Å². The number of rotatable bonds is 3. The number of imidazole rings is 1. The largest absolute Gasteiger partial charge is 0.339 e. The van der Waals surface area contributed by atoms with Crippen LogP contribution in [0.4, 0.5) is 0 Å². The van der Waals surface area contributed by atoms with Gasteiger partial charge in [0, 0.05) is 17.6 Å². The number of halogens is 1. The van der Waals surface area contributed by atoms with Gasteiger partial charge in [0.15, 0.2) is 0 Å². The smallest absolute Gasteiger partial charge is 0.231 e. The Morgan fingerprint density at radius 1 is 1.13 bits per heavy atom. The second kappa shape index (κ2) is 5.52. The van der Waals surface area contributed by atoms with E-state index in [0.29, 0.717) is 23.2 Å². The molecule has 0 fully saturated rings. The predicted molar refractivity (Wildman–Crippen MR) is 88.3 cm³/mol. The molecule has 0 amide bonds. The maximum atomic E-state index is 5.89. The zero-order chi connectivity index (χ0) is 15.8. The number of aryl methyl sites for hydroxylation is 1. The van der Waals surface area contributed by atoms with Crippen LogP contribution < -0.4 is 0 Å². The third-order valence-electron chi connectivity index (χ3n) is 3.72. The summed E-state index contributed by atoms with van der Waals surface area (Å²) < 4.78 is 7.32. The van der Waals surface area contributed by atoms with Crippen molar-refractivity contribution in [2.75, 3.05) is 0 Å². The molecule has 4 rings (SSSR count). The van der Waals surface area contributed by atoms with Gasteiger partial charge in [0.1, 0.15) is 0 Å². The van der Waals surface area contributed by atoms with Crippen molar-refractivity contribution in [2.24, 2.45) is 7.05 Å². The first kappa shape index (κ1) is 14.0. The number of fused-ring (bicyclic) bond motifs is 1. The monoisotopic (exact) mass is 324 g/mol. The Balaban J connectivity index is 1.62. The van der Waals surface area contributed by atoms with E-state index < -0.39 is 0 Å². The Kier molecular flexibility index (Phi) is 3.35. The van der Waals surface area contributed by atoms with E-state index in [1.165, 1.54) is 0 Å². The van der Waals surface area contributed by atoms with Crippen LogP contribution in [0.5, 0.6) is 0 Å². The van der Waals surface area contributed by atoms with Gasteiger partial charge in [-0.25, -0.2) is 4.98 Å². The fraction of sp³-hybridized carbons (Fsp3) is 0.118. The number of nitrogens with zero attached hydrogens (tertiary/aromatic N) is 4. The molecule has 2 aromatic heterocycles. The summed E-state index contributed by atoms with van der Waals surface area (Å²) in [4.78, 5) is 8.82. The fourth-order valence-electron chi connectivity index (χ4n) is 2.50. The zero-order valence-corrected chi connectivity index (χ0v) is 13.2. The van der Waals surface area contributed by atoms with Gasteiger partial charge in [-0.1, -0.05) is 28.9 Å². The van der Waals surface area contributed by atoms with Crippen LogP contribution in [0.3, 0.4) is 0 Å². The minimum absolute atomic E-state index is 0.571. The Morgan fingerprint density at radius 2 is 1.96 bits per heavy atom. The summed E-state index contributed by atoms with van der Waals surface area (Å²) in [7, 11) is 1.97. The lowest BCUT2D eigenvalue weighted by molar-refractivity contribution is 0.385. The van der Waals surface area contributed by atoms with Gasteiger partial charge in [0.2, 0.25) is 11.7 Å². The topological polar surface area (TPSA) is 56.7 Å². The molecule has 0 aliphatic carbocycles. The summed E-state index contributed by atoms with van der Waals surface area (Å²) in [5.74, 6) is 1.14. The van der Waals surface area contributed by atoms with Crippen LogP contribution in [0.25, 0.3) is 22.4 Å². The summed E-state index contributed by atoms with van der Waals surface area (Å²) in [6.45, 7) is 0. The average Bonchev–Trinajstić information content (AvgIpc) is 3.17. The van der Waals surface area contributed by atoms with E-state index in [1.54, 1.807) is 6.33 Å². The molecule has 0 unspecified atom stereocenters. The molecule has 0 atom stereocenters. The number of hydrogen-bond acceptors (Lipinski definition) is 4. The summed E-state index contributed by atoms with van der Waals surface area (Å²) >= 11 is 5.89. The molecule has 0 bridgehead atoms. The molecule has 0 saturated carbocycles. The van der Waals surface area contributed by atoms with Gasteiger partial charge < -0.3 is 9.09 Å². The number of benzene rings is 2. The van der Waals surface area contributed by atoms with E-state index in [4.69, 9.17) is 16.1 Å². The van der Waals surface area contributed by atoms with E-state index in [9.17, 15) is 0 Å².